The molecule has 0 unspecified atom stereocenters. The van der Waals surface area contributed by atoms with Crippen LogP contribution in [0.4, 0.5) is 0 Å². The van der Waals surface area contributed by atoms with Gasteiger partial charge >= 0.3 is 0 Å². The lowest BCUT2D eigenvalue weighted by Crippen LogP contribution is -2.26. The molecule has 0 saturated carbocycles. The van der Waals surface area contributed by atoms with Crippen LogP contribution in [-0.2, 0) is 13.0 Å². The quantitative estimate of drug-likeness (QED) is 0.840. The SMILES string of the molecule is CCc1ccc(C(=O)N(C)Cc2ccncc2)cc1. The van der Waals surface area contributed by atoms with Gasteiger partial charge in [0.05, 0.1) is 0 Å². The number of hydrogen-bond acceptors (Lipinski definition) is 2. The van der Waals surface area contributed by atoms with Gasteiger partial charge in [0.1, 0.15) is 0 Å². The lowest BCUT2D eigenvalue weighted by atomic mass is 10.1. The number of benzene rings is 1. The Balaban J connectivity index is 2.06. The zero-order chi connectivity index (χ0) is 13.7. The Hall–Kier alpha value is -2.16. The molecule has 1 amide bonds. The third kappa shape index (κ3) is 3.41. The normalized spacial score (nSPS) is 10.2. The van der Waals surface area contributed by atoms with E-state index in [2.05, 4.69) is 11.9 Å². The van der Waals surface area contributed by atoms with Gasteiger partial charge in [-0.05, 0) is 41.8 Å². The molecule has 2 rings (SSSR count). The molecule has 0 radical (unpaired) electrons. The van der Waals surface area contributed by atoms with Crippen LogP contribution in [0.15, 0.2) is 48.8 Å². The van der Waals surface area contributed by atoms with Gasteiger partial charge in [-0.25, -0.2) is 0 Å². The summed E-state index contributed by atoms with van der Waals surface area (Å²) in [5, 5.41) is 0. The molecule has 0 bridgehead atoms. The maximum Gasteiger partial charge on any atom is 0.253 e. The van der Waals surface area contributed by atoms with Gasteiger partial charge in [0, 0.05) is 31.5 Å². The number of nitrogens with zero attached hydrogens (tertiary/aromatic N) is 2. The predicted octanol–water partition coefficient (Wildman–Crippen LogP) is 2.92. The number of amides is 1. The molecule has 0 spiro atoms. The fourth-order valence-electron chi connectivity index (χ4n) is 1.94. The van der Waals surface area contributed by atoms with Crippen LogP contribution in [0, 0.1) is 0 Å². The van der Waals surface area contributed by atoms with Gasteiger partial charge in [0.2, 0.25) is 0 Å². The Kier molecular flexibility index (Phi) is 4.29. The molecule has 0 fully saturated rings. The monoisotopic (exact) mass is 254 g/mol. The molecular formula is C16H18N2O. The van der Waals surface area contributed by atoms with Gasteiger partial charge in [0.25, 0.3) is 5.91 Å². The molecule has 0 aliphatic carbocycles. The molecular weight excluding hydrogens is 236 g/mol. The molecule has 0 aliphatic rings. The average Bonchev–Trinajstić information content (AvgIpc) is 2.47. The van der Waals surface area contributed by atoms with Crippen molar-refractivity contribution in [1.82, 2.24) is 9.88 Å². The highest BCUT2D eigenvalue weighted by Crippen LogP contribution is 2.10. The zero-order valence-electron chi connectivity index (χ0n) is 11.3. The summed E-state index contributed by atoms with van der Waals surface area (Å²) in [5.41, 5.74) is 3.05. The first-order valence-corrected chi connectivity index (χ1v) is 6.44. The van der Waals surface area contributed by atoms with Gasteiger partial charge in [-0.15, -0.1) is 0 Å². The van der Waals surface area contributed by atoms with Crippen LogP contribution in [0.2, 0.25) is 0 Å². The third-order valence-electron chi connectivity index (χ3n) is 3.12. The highest BCUT2D eigenvalue weighted by atomic mass is 16.2. The summed E-state index contributed by atoms with van der Waals surface area (Å²) in [6, 6.07) is 11.6. The highest BCUT2D eigenvalue weighted by molar-refractivity contribution is 5.94. The second kappa shape index (κ2) is 6.14. The second-order valence-electron chi connectivity index (χ2n) is 4.57. The summed E-state index contributed by atoms with van der Waals surface area (Å²) in [7, 11) is 1.82. The molecule has 2 aromatic rings. The van der Waals surface area contributed by atoms with Crippen molar-refractivity contribution in [3.05, 3.63) is 65.5 Å². The van der Waals surface area contributed by atoms with Gasteiger partial charge in [0.15, 0.2) is 0 Å². The molecule has 0 saturated heterocycles. The van der Waals surface area contributed by atoms with E-state index in [1.807, 2.05) is 43.4 Å². The van der Waals surface area contributed by atoms with Crippen molar-refractivity contribution < 1.29 is 4.79 Å². The Bertz CT molecular complexity index is 534. The third-order valence-corrected chi connectivity index (χ3v) is 3.12. The Morgan fingerprint density at radius 2 is 1.68 bits per heavy atom. The standard InChI is InChI=1S/C16H18N2O/c1-3-13-4-6-15(7-5-13)16(19)18(2)12-14-8-10-17-11-9-14/h4-11H,3,12H2,1-2H3. The van der Waals surface area contributed by atoms with Gasteiger partial charge in [-0.3, -0.25) is 9.78 Å². The Morgan fingerprint density at radius 3 is 2.26 bits per heavy atom. The lowest BCUT2D eigenvalue weighted by molar-refractivity contribution is 0.0785. The maximum absolute atomic E-state index is 12.3. The number of carbonyl (C=O) groups is 1. The van der Waals surface area contributed by atoms with E-state index >= 15 is 0 Å². The first-order chi connectivity index (χ1) is 9.20. The molecule has 0 aliphatic heterocycles. The average molecular weight is 254 g/mol. The number of hydrogen-bond donors (Lipinski definition) is 0. The molecule has 0 atom stereocenters. The second-order valence-corrected chi connectivity index (χ2v) is 4.57. The largest absolute Gasteiger partial charge is 0.337 e. The van der Waals surface area contributed by atoms with E-state index in [0.29, 0.717) is 6.54 Å². The topological polar surface area (TPSA) is 33.2 Å². The number of rotatable bonds is 4. The van der Waals surface area contributed by atoms with Crippen LogP contribution in [0.5, 0.6) is 0 Å². The molecule has 1 aromatic carbocycles. The van der Waals surface area contributed by atoms with Crippen LogP contribution in [0.1, 0.15) is 28.4 Å². The minimum atomic E-state index is 0.0412. The summed E-state index contributed by atoms with van der Waals surface area (Å²) < 4.78 is 0. The minimum Gasteiger partial charge on any atom is -0.337 e. The molecule has 3 nitrogen and oxygen atoms in total. The Labute approximate surface area is 113 Å². The molecule has 1 heterocycles. The minimum absolute atomic E-state index is 0.0412. The van der Waals surface area contributed by atoms with Crippen molar-refractivity contribution in [3.8, 4) is 0 Å². The summed E-state index contributed by atoms with van der Waals surface area (Å²) in [6.45, 7) is 2.70. The van der Waals surface area contributed by atoms with Crippen molar-refractivity contribution in [2.24, 2.45) is 0 Å². The predicted molar refractivity (Wildman–Crippen MR) is 75.9 cm³/mol. The summed E-state index contributed by atoms with van der Waals surface area (Å²) in [4.78, 5) is 17.9. The van der Waals surface area contributed by atoms with E-state index in [9.17, 15) is 4.79 Å². The molecule has 1 aromatic heterocycles. The first-order valence-electron chi connectivity index (χ1n) is 6.44. The smallest absolute Gasteiger partial charge is 0.253 e. The van der Waals surface area contributed by atoms with Crippen LogP contribution in [0.25, 0.3) is 0 Å². The van der Waals surface area contributed by atoms with Crippen LogP contribution in [-0.4, -0.2) is 22.8 Å². The van der Waals surface area contributed by atoms with Crippen LogP contribution < -0.4 is 0 Å². The zero-order valence-corrected chi connectivity index (χ0v) is 11.3. The maximum atomic E-state index is 12.3. The molecule has 19 heavy (non-hydrogen) atoms. The summed E-state index contributed by atoms with van der Waals surface area (Å²) in [5.74, 6) is 0.0412. The number of pyridine rings is 1. The van der Waals surface area contributed by atoms with E-state index in [-0.39, 0.29) is 5.91 Å². The van der Waals surface area contributed by atoms with Crippen LogP contribution in [0.3, 0.4) is 0 Å². The Morgan fingerprint density at radius 1 is 1.05 bits per heavy atom. The van der Waals surface area contributed by atoms with Crippen molar-refractivity contribution in [1.29, 1.82) is 0 Å². The summed E-state index contributed by atoms with van der Waals surface area (Å²) >= 11 is 0. The fraction of sp³-hybridized carbons (Fsp3) is 0.250. The lowest BCUT2D eigenvalue weighted by Gasteiger charge is -2.17. The van der Waals surface area contributed by atoms with Gasteiger partial charge < -0.3 is 4.90 Å². The summed E-state index contributed by atoms with van der Waals surface area (Å²) in [6.07, 6.45) is 4.47. The number of aryl methyl sites for hydroxylation is 1. The van der Waals surface area contributed by atoms with Crippen molar-refractivity contribution in [3.63, 3.8) is 0 Å². The van der Waals surface area contributed by atoms with E-state index in [1.54, 1.807) is 17.3 Å². The van der Waals surface area contributed by atoms with E-state index in [0.717, 1.165) is 17.5 Å². The van der Waals surface area contributed by atoms with Crippen molar-refractivity contribution in [2.75, 3.05) is 7.05 Å². The first kappa shape index (κ1) is 13.3. The number of aromatic nitrogens is 1. The van der Waals surface area contributed by atoms with Crippen LogP contribution >= 0.6 is 0 Å². The molecule has 98 valence electrons. The van der Waals surface area contributed by atoms with E-state index < -0.39 is 0 Å². The van der Waals surface area contributed by atoms with Crippen molar-refractivity contribution in [2.45, 2.75) is 19.9 Å². The fourth-order valence-corrected chi connectivity index (χ4v) is 1.94. The van der Waals surface area contributed by atoms with Gasteiger partial charge in [-0.1, -0.05) is 19.1 Å². The van der Waals surface area contributed by atoms with E-state index in [1.165, 1.54) is 5.56 Å². The van der Waals surface area contributed by atoms with E-state index in [4.69, 9.17) is 0 Å². The molecule has 3 heteroatoms. The van der Waals surface area contributed by atoms with Crippen molar-refractivity contribution >= 4 is 5.91 Å². The highest BCUT2D eigenvalue weighted by Gasteiger charge is 2.11. The van der Waals surface area contributed by atoms with Gasteiger partial charge in [-0.2, -0.15) is 0 Å². The molecule has 0 N–H and O–H groups in total. The number of carbonyl (C=O) groups excluding carboxylic acids is 1.